The summed E-state index contributed by atoms with van der Waals surface area (Å²) in [5.41, 5.74) is 1.70. The summed E-state index contributed by atoms with van der Waals surface area (Å²) >= 11 is 0. The molecule has 1 aromatic heterocycles. The van der Waals surface area contributed by atoms with Gasteiger partial charge in [-0.3, -0.25) is 0 Å². The van der Waals surface area contributed by atoms with Gasteiger partial charge in [-0.1, -0.05) is 18.2 Å². The molecule has 1 aliphatic heterocycles. The fraction of sp³-hybridized carbons (Fsp3) is 0.368. The lowest BCUT2D eigenvalue weighted by atomic mass is 9.97. The van der Waals surface area contributed by atoms with E-state index >= 15 is 0 Å². The molecular formula is C19H20F3N3O3. The van der Waals surface area contributed by atoms with Crippen molar-refractivity contribution in [2.24, 2.45) is 5.92 Å². The number of para-hydroxylation sites is 1. The first-order valence-electron chi connectivity index (χ1n) is 8.76. The lowest BCUT2D eigenvalue weighted by molar-refractivity contribution is -0.154. The second-order valence-electron chi connectivity index (χ2n) is 6.46. The Kier molecular flexibility index (Phi) is 6.23. The number of amides is 2. The minimum absolute atomic E-state index is 0.140. The van der Waals surface area contributed by atoms with E-state index in [1.165, 1.54) is 12.3 Å². The van der Waals surface area contributed by atoms with Crippen molar-refractivity contribution < 1.29 is 27.4 Å². The van der Waals surface area contributed by atoms with Crippen molar-refractivity contribution in [3.63, 3.8) is 0 Å². The van der Waals surface area contributed by atoms with Crippen molar-refractivity contribution >= 4 is 6.03 Å². The summed E-state index contributed by atoms with van der Waals surface area (Å²) in [6.45, 7) is -0.289. The molecule has 28 heavy (non-hydrogen) atoms. The van der Waals surface area contributed by atoms with Gasteiger partial charge in [-0.15, -0.1) is 0 Å². The number of hydrogen-bond acceptors (Lipinski definition) is 4. The van der Waals surface area contributed by atoms with Gasteiger partial charge in [-0.25, -0.2) is 9.78 Å². The first-order valence-corrected chi connectivity index (χ1v) is 8.76. The van der Waals surface area contributed by atoms with E-state index in [1.807, 2.05) is 24.3 Å². The van der Waals surface area contributed by atoms with Gasteiger partial charge < -0.3 is 20.1 Å². The number of nitrogens with one attached hydrogen (secondary N) is 2. The molecule has 0 saturated heterocycles. The van der Waals surface area contributed by atoms with Crippen LogP contribution in [-0.2, 0) is 13.0 Å². The van der Waals surface area contributed by atoms with Gasteiger partial charge in [0.15, 0.2) is 6.61 Å². The summed E-state index contributed by atoms with van der Waals surface area (Å²) in [6.07, 6.45) is -2.28. The number of alkyl halides is 3. The Morgan fingerprint density at radius 2 is 2.07 bits per heavy atom. The van der Waals surface area contributed by atoms with Crippen molar-refractivity contribution in [3.05, 3.63) is 53.7 Å². The molecule has 0 radical (unpaired) electrons. The van der Waals surface area contributed by atoms with Gasteiger partial charge in [0, 0.05) is 31.3 Å². The van der Waals surface area contributed by atoms with E-state index in [2.05, 4.69) is 20.4 Å². The Morgan fingerprint density at radius 3 is 2.89 bits per heavy atom. The van der Waals surface area contributed by atoms with E-state index < -0.39 is 12.8 Å². The van der Waals surface area contributed by atoms with Crippen LogP contribution in [0.2, 0.25) is 0 Å². The van der Waals surface area contributed by atoms with Crippen molar-refractivity contribution in [1.82, 2.24) is 15.6 Å². The highest BCUT2D eigenvalue weighted by molar-refractivity contribution is 5.73. The van der Waals surface area contributed by atoms with Crippen molar-refractivity contribution in [3.8, 4) is 11.6 Å². The van der Waals surface area contributed by atoms with Crippen molar-refractivity contribution in [2.45, 2.75) is 19.1 Å². The largest absolute Gasteiger partial charge is 0.493 e. The lowest BCUT2D eigenvalue weighted by Crippen LogP contribution is -2.40. The van der Waals surface area contributed by atoms with Crippen LogP contribution >= 0.6 is 0 Å². The zero-order valence-corrected chi connectivity index (χ0v) is 15.0. The van der Waals surface area contributed by atoms with Crippen LogP contribution in [-0.4, -0.2) is 36.9 Å². The summed E-state index contributed by atoms with van der Waals surface area (Å²) in [7, 11) is 0. The van der Waals surface area contributed by atoms with Crippen molar-refractivity contribution in [1.29, 1.82) is 0 Å². The molecule has 0 bridgehead atoms. The third-order valence-corrected chi connectivity index (χ3v) is 4.14. The first-order chi connectivity index (χ1) is 13.4. The number of pyridine rings is 1. The molecule has 1 aliphatic rings. The molecule has 1 atom stereocenters. The molecule has 2 heterocycles. The van der Waals surface area contributed by atoms with Crippen LogP contribution in [0.1, 0.15) is 11.1 Å². The van der Waals surface area contributed by atoms with Crippen LogP contribution in [0.3, 0.4) is 0 Å². The molecule has 1 aromatic carbocycles. The molecule has 0 fully saturated rings. The van der Waals surface area contributed by atoms with E-state index in [1.54, 1.807) is 6.07 Å². The van der Waals surface area contributed by atoms with E-state index in [-0.39, 0.29) is 24.4 Å². The smallest absolute Gasteiger partial charge is 0.422 e. The van der Waals surface area contributed by atoms with Gasteiger partial charge in [0.1, 0.15) is 5.75 Å². The Labute approximate surface area is 160 Å². The molecular weight excluding hydrogens is 375 g/mol. The average molecular weight is 395 g/mol. The summed E-state index contributed by atoms with van der Waals surface area (Å²) < 4.78 is 46.8. The Morgan fingerprint density at radius 1 is 1.25 bits per heavy atom. The summed E-state index contributed by atoms with van der Waals surface area (Å²) in [5, 5.41) is 5.45. The van der Waals surface area contributed by atoms with E-state index in [4.69, 9.17) is 4.74 Å². The summed E-state index contributed by atoms with van der Waals surface area (Å²) in [5.74, 6) is 0.906. The predicted molar refractivity (Wildman–Crippen MR) is 95.2 cm³/mol. The molecule has 150 valence electrons. The second-order valence-corrected chi connectivity index (χ2v) is 6.46. The van der Waals surface area contributed by atoms with Gasteiger partial charge in [-0.05, 0) is 29.7 Å². The van der Waals surface area contributed by atoms with E-state index in [0.29, 0.717) is 18.7 Å². The fourth-order valence-electron chi connectivity index (χ4n) is 2.80. The summed E-state index contributed by atoms with van der Waals surface area (Å²) in [6, 6.07) is 10.4. The lowest BCUT2D eigenvalue weighted by Gasteiger charge is -2.25. The first kappa shape index (κ1) is 19.8. The molecule has 2 aromatic rings. The number of urea groups is 1. The van der Waals surface area contributed by atoms with Gasteiger partial charge in [0.2, 0.25) is 5.88 Å². The number of carbonyl (C=O) groups is 1. The zero-order chi connectivity index (χ0) is 20.0. The standard InChI is InChI=1S/C19H20F3N3O3/c20-19(21,22)12-28-17-8-13(5-6-23-17)9-24-18(26)25-10-14-7-15-3-1-2-4-16(15)27-11-14/h1-6,8,14H,7,9-12H2,(H2,24,25,26)/t14-/m0/s1. The molecule has 2 amide bonds. The number of halogens is 3. The molecule has 6 nitrogen and oxygen atoms in total. The highest BCUT2D eigenvalue weighted by Gasteiger charge is 2.28. The zero-order valence-electron chi connectivity index (χ0n) is 15.0. The molecule has 9 heteroatoms. The number of nitrogens with zero attached hydrogens (tertiary/aromatic N) is 1. The minimum atomic E-state index is -4.43. The fourth-order valence-corrected chi connectivity index (χ4v) is 2.80. The number of benzene rings is 1. The van der Waals surface area contributed by atoms with Crippen LogP contribution < -0.4 is 20.1 Å². The molecule has 0 spiro atoms. The normalized spacial score (nSPS) is 15.9. The quantitative estimate of drug-likeness (QED) is 0.789. The van der Waals surface area contributed by atoms with Crippen LogP contribution in [0, 0.1) is 5.92 Å². The van der Waals surface area contributed by atoms with Crippen LogP contribution in [0.25, 0.3) is 0 Å². The predicted octanol–water partition coefficient (Wildman–Crippen LogP) is 3.07. The Balaban J connectivity index is 1.41. The minimum Gasteiger partial charge on any atom is -0.493 e. The topological polar surface area (TPSA) is 72.5 Å². The molecule has 2 N–H and O–H groups in total. The Hall–Kier alpha value is -2.97. The maximum atomic E-state index is 12.2. The van der Waals surface area contributed by atoms with Crippen LogP contribution in [0.15, 0.2) is 42.6 Å². The monoisotopic (exact) mass is 395 g/mol. The number of ether oxygens (including phenoxy) is 2. The molecule has 0 saturated carbocycles. The molecule has 0 aliphatic carbocycles. The third-order valence-electron chi connectivity index (χ3n) is 4.14. The summed E-state index contributed by atoms with van der Waals surface area (Å²) in [4.78, 5) is 15.7. The van der Waals surface area contributed by atoms with Crippen LogP contribution in [0.4, 0.5) is 18.0 Å². The number of aromatic nitrogens is 1. The second kappa shape index (κ2) is 8.81. The van der Waals surface area contributed by atoms with E-state index in [9.17, 15) is 18.0 Å². The third kappa shape index (κ3) is 6.04. The highest BCUT2D eigenvalue weighted by atomic mass is 19.4. The van der Waals surface area contributed by atoms with Gasteiger partial charge in [0.05, 0.1) is 6.61 Å². The van der Waals surface area contributed by atoms with Gasteiger partial charge >= 0.3 is 12.2 Å². The Bertz CT molecular complexity index is 814. The SMILES string of the molecule is O=C(NCc1ccnc(OCC(F)(F)F)c1)NC[C@H]1COc2ccccc2C1. The maximum Gasteiger partial charge on any atom is 0.422 e. The molecule has 3 rings (SSSR count). The molecule has 0 unspecified atom stereocenters. The van der Waals surface area contributed by atoms with E-state index in [0.717, 1.165) is 17.7 Å². The van der Waals surface area contributed by atoms with Gasteiger partial charge in [-0.2, -0.15) is 13.2 Å². The average Bonchev–Trinajstić information content (AvgIpc) is 2.69. The highest BCUT2D eigenvalue weighted by Crippen LogP contribution is 2.26. The maximum absolute atomic E-state index is 12.2. The van der Waals surface area contributed by atoms with Gasteiger partial charge in [0.25, 0.3) is 0 Å². The number of hydrogen-bond donors (Lipinski definition) is 2. The number of rotatable bonds is 6. The number of fused-ring (bicyclic) bond motifs is 1. The number of carbonyl (C=O) groups excluding carboxylic acids is 1. The van der Waals surface area contributed by atoms with Crippen LogP contribution in [0.5, 0.6) is 11.6 Å². The van der Waals surface area contributed by atoms with Crippen molar-refractivity contribution in [2.75, 3.05) is 19.8 Å².